The molecule has 3 aliphatic rings. The molecule has 32 heavy (non-hydrogen) atoms. The molecular weight excluding hydrogens is 404 g/mol. The molecule has 2 aliphatic heterocycles. The summed E-state index contributed by atoms with van der Waals surface area (Å²) < 4.78 is 6.95. The fourth-order valence-corrected chi connectivity index (χ4v) is 6.65. The lowest BCUT2D eigenvalue weighted by Crippen LogP contribution is -2.66. The van der Waals surface area contributed by atoms with Gasteiger partial charge in [0.15, 0.2) is 11.3 Å². The van der Waals surface area contributed by atoms with Gasteiger partial charge in [-0.05, 0) is 59.8 Å². The Morgan fingerprint density at radius 1 is 0.875 bits per heavy atom. The summed E-state index contributed by atoms with van der Waals surface area (Å²) in [5.41, 5.74) is -3.17. The third-order valence-corrected chi connectivity index (χ3v) is 7.82. The summed E-state index contributed by atoms with van der Waals surface area (Å²) >= 11 is 0. The lowest BCUT2D eigenvalue weighted by molar-refractivity contribution is -0.283. The van der Waals surface area contributed by atoms with Gasteiger partial charge in [0.2, 0.25) is 5.91 Å². The van der Waals surface area contributed by atoms with Crippen LogP contribution in [0.4, 0.5) is 0 Å². The minimum Gasteiger partial charge on any atom is -0.339 e. The number of hydrogen-bond acceptors (Lipinski definition) is 5. The van der Waals surface area contributed by atoms with E-state index in [1.54, 1.807) is 4.90 Å². The molecule has 2 amide bonds. The topological polar surface area (TPSA) is 70.1 Å². The number of piperidine rings is 1. The van der Waals surface area contributed by atoms with Crippen LogP contribution < -0.4 is 0 Å². The number of rotatable bonds is 2. The van der Waals surface area contributed by atoms with Crippen LogP contribution in [0.3, 0.4) is 0 Å². The van der Waals surface area contributed by atoms with Crippen LogP contribution in [0.5, 0.6) is 0 Å². The first-order valence-corrected chi connectivity index (χ1v) is 13.1. The number of ether oxygens (including phenoxy) is 1. The first-order chi connectivity index (χ1) is 15.0. The van der Waals surface area contributed by atoms with Gasteiger partial charge in [0.1, 0.15) is 0 Å². The third kappa shape index (κ3) is 4.92. The average molecular weight is 451 g/mol. The largest absolute Gasteiger partial charge is 0.339 e. The molecule has 3 rings (SSSR count). The first-order valence-electron chi connectivity index (χ1n) is 13.1. The highest BCUT2D eigenvalue weighted by Crippen LogP contribution is 2.53. The predicted octanol–water partition coefficient (Wildman–Crippen LogP) is 5.95. The number of imide groups is 1. The van der Waals surface area contributed by atoms with Gasteiger partial charge in [0.05, 0.1) is 0 Å². The van der Waals surface area contributed by atoms with Gasteiger partial charge in [0.25, 0.3) is 5.91 Å². The van der Waals surface area contributed by atoms with Crippen molar-refractivity contribution < 1.29 is 19.5 Å². The molecule has 0 radical (unpaired) electrons. The van der Waals surface area contributed by atoms with Gasteiger partial charge in [-0.2, -0.15) is 5.06 Å². The maximum atomic E-state index is 14.1. The van der Waals surface area contributed by atoms with Gasteiger partial charge in [0, 0.05) is 30.3 Å². The van der Waals surface area contributed by atoms with E-state index >= 15 is 0 Å². The molecule has 6 heteroatoms. The fraction of sp³-hybridized carbons (Fsp3) is 0.923. The molecular formula is C26H46N2O4. The standard InChI is InChI=1S/C26H46N2O4/c1-6-16-21(29)27-22(30)25(19-23(2,3)28(31)24(4,5)20-25)32-26(27)17-14-12-10-8-7-9-11-13-15-18-26/h31H,6-20H2,1-5H3. The molecule has 6 nitrogen and oxygen atoms in total. The summed E-state index contributed by atoms with van der Waals surface area (Å²) in [6.45, 7) is 9.80. The van der Waals surface area contributed by atoms with Gasteiger partial charge in [-0.1, -0.05) is 51.9 Å². The Balaban J connectivity index is 2.00. The van der Waals surface area contributed by atoms with Gasteiger partial charge in [-0.25, -0.2) is 0 Å². The minimum atomic E-state index is -1.06. The molecule has 0 aromatic rings. The van der Waals surface area contributed by atoms with Crippen molar-refractivity contribution in [3.8, 4) is 0 Å². The van der Waals surface area contributed by atoms with Gasteiger partial charge in [-0.3, -0.25) is 14.5 Å². The Morgan fingerprint density at radius 2 is 1.31 bits per heavy atom. The minimum absolute atomic E-state index is 0.0940. The van der Waals surface area contributed by atoms with Crippen molar-refractivity contribution in [1.82, 2.24) is 9.96 Å². The summed E-state index contributed by atoms with van der Waals surface area (Å²) in [5, 5.41) is 12.2. The zero-order chi connectivity index (χ0) is 23.6. The monoisotopic (exact) mass is 450 g/mol. The first kappa shape index (κ1) is 25.6. The second-order valence-corrected chi connectivity index (χ2v) is 11.8. The van der Waals surface area contributed by atoms with Crippen LogP contribution in [0.25, 0.3) is 0 Å². The number of nitrogens with zero attached hydrogens (tertiary/aromatic N) is 2. The van der Waals surface area contributed by atoms with Crippen LogP contribution in [0.2, 0.25) is 0 Å². The normalized spacial score (nSPS) is 28.4. The molecule has 184 valence electrons. The molecule has 0 bridgehead atoms. The van der Waals surface area contributed by atoms with E-state index in [9.17, 15) is 14.8 Å². The van der Waals surface area contributed by atoms with E-state index in [0.717, 1.165) is 38.5 Å². The number of hydrogen-bond donors (Lipinski definition) is 1. The maximum absolute atomic E-state index is 14.1. The summed E-state index contributed by atoms with van der Waals surface area (Å²) in [5.74, 6) is -0.263. The summed E-state index contributed by atoms with van der Waals surface area (Å²) in [4.78, 5) is 29.0. The Kier molecular flexibility index (Phi) is 7.78. The number of amides is 2. The number of hydroxylamine groups is 2. The van der Waals surface area contributed by atoms with Crippen molar-refractivity contribution in [2.75, 3.05) is 0 Å². The van der Waals surface area contributed by atoms with Crippen LogP contribution >= 0.6 is 0 Å². The highest BCUT2D eigenvalue weighted by molar-refractivity contribution is 6.02. The zero-order valence-corrected chi connectivity index (χ0v) is 21.2. The smallest absolute Gasteiger partial charge is 0.264 e. The van der Waals surface area contributed by atoms with Gasteiger partial charge in [-0.15, -0.1) is 0 Å². The SMILES string of the molecule is CCCC(=O)N1C(=O)C2(CC(C)(C)N(O)C(C)(C)C2)OC12CCCCCCCCCCC2. The number of carbonyl (C=O) groups excluding carboxylic acids is 2. The molecule has 2 heterocycles. The zero-order valence-electron chi connectivity index (χ0n) is 21.2. The quantitative estimate of drug-likeness (QED) is 0.562. The van der Waals surface area contributed by atoms with Crippen LogP contribution in [-0.4, -0.2) is 49.4 Å². The van der Waals surface area contributed by atoms with Gasteiger partial charge < -0.3 is 9.94 Å². The fourth-order valence-electron chi connectivity index (χ4n) is 6.65. The maximum Gasteiger partial charge on any atom is 0.264 e. The Morgan fingerprint density at radius 3 is 1.75 bits per heavy atom. The summed E-state index contributed by atoms with van der Waals surface area (Å²) in [6, 6.07) is 0. The predicted molar refractivity (Wildman–Crippen MR) is 125 cm³/mol. The van der Waals surface area contributed by atoms with Crippen LogP contribution in [0.15, 0.2) is 0 Å². The summed E-state index contributed by atoms with van der Waals surface area (Å²) in [6.07, 6.45) is 13.7. The van der Waals surface area contributed by atoms with Crippen LogP contribution in [0, 0.1) is 0 Å². The molecule has 0 atom stereocenters. The second kappa shape index (κ2) is 9.71. The number of carbonyl (C=O) groups is 2. The third-order valence-electron chi connectivity index (χ3n) is 7.82. The van der Waals surface area contributed by atoms with Crippen molar-refractivity contribution in [1.29, 1.82) is 0 Å². The molecule has 1 N–H and O–H groups in total. The van der Waals surface area contributed by atoms with E-state index in [-0.39, 0.29) is 11.8 Å². The van der Waals surface area contributed by atoms with E-state index < -0.39 is 22.4 Å². The van der Waals surface area contributed by atoms with E-state index in [1.807, 2.05) is 34.6 Å². The van der Waals surface area contributed by atoms with E-state index in [0.29, 0.717) is 25.7 Å². The average Bonchev–Trinajstić information content (AvgIpc) is 2.90. The van der Waals surface area contributed by atoms with Crippen molar-refractivity contribution in [3.05, 3.63) is 0 Å². The van der Waals surface area contributed by atoms with Crippen molar-refractivity contribution in [3.63, 3.8) is 0 Å². The highest BCUT2D eigenvalue weighted by atomic mass is 16.6. The van der Waals surface area contributed by atoms with Gasteiger partial charge >= 0.3 is 0 Å². The summed E-state index contributed by atoms with van der Waals surface area (Å²) in [7, 11) is 0. The van der Waals surface area contributed by atoms with Crippen molar-refractivity contribution in [2.24, 2.45) is 0 Å². The van der Waals surface area contributed by atoms with Crippen LogP contribution in [-0.2, 0) is 14.3 Å². The lowest BCUT2D eigenvalue weighted by Gasteiger charge is -2.54. The van der Waals surface area contributed by atoms with E-state index in [4.69, 9.17) is 4.74 Å². The molecule has 0 unspecified atom stereocenters. The van der Waals surface area contributed by atoms with Crippen molar-refractivity contribution >= 4 is 11.8 Å². The Bertz CT molecular complexity index is 657. The Labute approximate surface area is 195 Å². The highest BCUT2D eigenvalue weighted by Gasteiger charge is 2.67. The molecule has 1 aliphatic carbocycles. The molecule has 0 aromatic carbocycles. The lowest BCUT2D eigenvalue weighted by atomic mass is 9.72. The second-order valence-electron chi connectivity index (χ2n) is 11.8. The van der Waals surface area contributed by atoms with E-state index in [1.165, 1.54) is 37.2 Å². The molecule has 3 fully saturated rings. The Hall–Kier alpha value is -0.980. The van der Waals surface area contributed by atoms with Crippen LogP contribution in [0.1, 0.15) is 131 Å². The molecule has 2 saturated heterocycles. The molecule has 0 aromatic heterocycles. The van der Waals surface area contributed by atoms with E-state index in [2.05, 4.69) is 0 Å². The molecule has 1 saturated carbocycles. The molecule has 2 spiro atoms. The van der Waals surface area contributed by atoms with Crippen molar-refractivity contribution in [2.45, 2.75) is 153 Å².